The van der Waals surface area contributed by atoms with Crippen molar-refractivity contribution in [1.82, 2.24) is 9.78 Å². The van der Waals surface area contributed by atoms with E-state index in [2.05, 4.69) is 5.10 Å². The van der Waals surface area contributed by atoms with Crippen LogP contribution >= 0.6 is 0 Å². The molecule has 0 unspecified atom stereocenters. The standard InChI is InChI=1S/C9H12N2O/c1-2-10-11(3-1)6-9-4-8(5-9)12-7-9/h1-3,8H,4-7H2. The largest absolute Gasteiger partial charge is 0.378 e. The first-order valence-electron chi connectivity index (χ1n) is 4.45. The van der Waals surface area contributed by atoms with E-state index >= 15 is 0 Å². The summed E-state index contributed by atoms with van der Waals surface area (Å²) in [5, 5.41) is 4.21. The highest BCUT2D eigenvalue weighted by Gasteiger charge is 2.51. The molecule has 3 fully saturated rings. The molecule has 0 atom stereocenters. The van der Waals surface area contributed by atoms with Crippen LogP contribution in [0.3, 0.4) is 0 Å². The van der Waals surface area contributed by atoms with Gasteiger partial charge in [-0.2, -0.15) is 5.10 Å². The number of ether oxygens (including phenoxy) is 1. The summed E-state index contributed by atoms with van der Waals surface area (Å²) in [6.07, 6.45) is 6.92. The van der Waals surface area contributed by atoms with Crippen molar-refractivity contribution in [3.05, 3.63) is 18.5 Å². The van der Waals surface area contributed by atoms with Gasteiger partial charge in [-0.15, -0.1) is 0 Å². The molecule has 1 aromatic heterocycles. The van der Waals surface area contributed by atoms with Crippen molar-refractivity contribution in [1.29, 1.82) is 0 Å². The van der Waals surface area contributed by atoms with E-state index < -0.39 is 0 Å². The molecule has 2 aliphatic heterocycles. The number of hydrogen-bond donors (Lipinski definition) is 0. The third-order valence-electron chi connectivity index (χ3n) is 3.00. The topological polar surface area (TPSA) is 27.1 Å². The Hall–Kier alpha value is -0.830. The van der Waals surface area contributed by atoms with E-state index in [-0.39, 0.29) is 0 Å². The van der Waals surface area contributed by atoms with E-state index in [0.29, 0.717) is 11.5 Å². The van der Waals surface area contributed by atoms with Crippen molar-refractivity contribution < 1.29 is 4.74 Å². The third-order valence-corrected chi connectivity index (χ3v) is 3.00. The number of nitrogens with zero attached hydrogens (tertiary/aromatic N) is 2. The SMILES string of the molecule is c1cnn(CC23COC(C2)C3)c1. The van der Waals surface area contributed by atoms with Gasteiger partial charge in [0.05, 0.1) is 12.7 Å². The van der Waals surface area contributed by atoms with E-state index in [9.17, 15) is 0 Å². The second kappa shape index (κ2) is 2.10. The molecular weight excluding hydrogens is 152 g/mol. The lowest BCUT2D eigenvalue weighted by molar-refractivity contribution is 0.104. The van der Waals surface area contributed by atoms with Crippen LogP contribution in [0.1, 0.15) is 12.8 Å². The Balaban J connectivity index is 1.76. The molecule has 3 heterocycles. The fraction of sp³-hybridized carbons (Fsp3) is 0.667. The number of hydrogen-bond acceptors (Lipinski definition) is 2. The molecular formula is C9H12N2O. The second-order valence-corrected chi connectivity index (χ2v) is 4.04. The molecule has 0 spiro atoms. The molecule has 0 radical (unpaired) electrons. The van der Waals surface area contributed by atoms with E-state index in [1.54, 1.807) is 0 Å². The number of rotatable bonds is 2. The van der Waals surface area contributed by atoms with Crippen LogP contribution in [0.25, 0.3) is 0 Å². The van der Waals surface area contributed by atoms with Crippen LogP contribution in [-0.4, -0.2) is 22.5 Å². The van der Waals surface area contributed by atoms with Gasteiger partial charge in [-0.25, -0.2) is 0 Å². The van der Waals surface area contributed by atoms with Gasteiger partial charge in [-0.1, -0.05) is 0 Å². The minimum atomic E-state index is 0.441. The van der Waals surface area contributed by atoms with Crippen molar-refractivity contribution >= 4 is 0 Å². The maximum absolute atomic E-state index is 5.54. The zero-order valence-corrected chi connectivity index (χ0v) is 6.94. The Bertz CT molecular complexity index is 269. The molecule has 0 amide bonds. The number of fused-ring (bicyclic) bond motifs is 1. The van der Waals surface area contributed by atoms with Gasteiger partial charge in [-0.05, 0) is 18.9 Å². The third kappa shape index (κ3) is 0.829. The van der Waals surface area contributed by atoms with E-state index in [4.69, 9.17) is 4.74 Å². The van der Waals surface area contributed by atoms with E-state index in [1.807, 2.05) is 23.1 Å². The minimum absolute atomic E-state index is 0.441. The van der Waals surface area contributed by atoms with Gasteiger partial charge in [0.2, 0.25) is 0 Å². The average Bonchev–Trinajstić information content (AvgIpc) is 2.61. The summed E-state index contributed by atoms with van der Waals surface area (Å²) in [4.78, 5) is 0. The van der Waals surface area contributed by atoms with Gasteiger partial charge in [0.15, 0.2) is 0 Å². The summed E-state index contributed by atoms with van der Waals surface area (Å²) in [5.74, 6) is 0. The van der Waals surface area contributed by atoms with Crippen molar-refractivity contribution in [2.45, 2.75) is 25.5 Å². The van der Waals surface area contributed by atoms with Gasteiger partial charge in [0, 0.05) is 24.4 Å². The van der Waals surface area contributed by atoms with Crippen LogP contribution in [0.15, 0.2) is 18.5 Å². The van der Waals surface area contributed by atoms with Crippen LogP contribution in [0.4, 0.5) is 0 Å². The Morgan fingerprint density at radius 1 is 1.58 bits per heavy atom. The first-order valence-corrected chi connectivity index (χ1v) is 4.45. The first-order chi connectivity index (χ1) is 5.86. The summed E-state index contributed by atoms with van der Waals surface area (Å²) >= 11 is 0. The molecule has 0 N–H and O–H groups in total. The van der Waals surface area contributed by atoms with Gasteiger partial charge in [-0.3, -0.25) is 4.68 Å². The fourth-order valence-electron chi connectivity index (χ4n) is 2.35. The average molecular weight is 164 g/mol. The fourth-order valence-corrected chi connectivity index (χ4v) is 2.35. The van der Waals surface area contributed by atoms with Crippen LogP contribution in [-0.2, 0) is 11.3 Å². The Labute approximate surface area is 71.3 Å². The van der Waals surface area contributed by atoms with Crippen molar-refractivity contribution in [3.63, 3.8) is 0 Å². The minimum Gasteiger partial charge on any atom is -0.378 e. The van der Waals surface area contributed by atoms with Crippen molar-refractivity contribution in [3.8, 4) is 0 Å². The van der Waals surface area contributed by atoms with E-state index in [0.717, 1.165) is 13.2 Å². The molecule has 1 saturated carbocycles. The normalized spacial score (nSPS) is 38.2. The van der Waals surface area contributed by atoms with Gasteiger partial charge in [0.1, 0.15) is 0 Å². The molecule has 2 bridgehead atoms. The van der Waals surface area contributed by atoms with Gasteiger partial charge in [0.25, 0.3) is 0 Å². The molecule has 3 heteroatoms. The Morgan fingerprint density at radius 2 is 2.50 bits per heavy atom. The molecule has 3 nitrogen and oxygen atoms in total. The van der Waals surface area contributed by atoms with Gasteiger partial charge >= 0.3 is 0 Å². The molecule has 2 saturated heterocycles. The second-order valence-electron chi connectivity index (χ2n) is 4.04. The van der Waals surface area contributed by atoms with Crippen molar-refractivity contribution in [2.24, 2.45) is 5.41 Å². The quantitative estimate of drug-likeness (QED) is 0.653. The molecule has 1 aromatic rings. The smallest absolute Gasteiger partial charge is 0.0589 e. The first kappa shape index (κ1) is 6.66. The highest BCUT2D eigenvalue weighted by atomic mass is 16.5. The molecule has 1 aliphatic carbocycles. The van der Waals surface area contributed by atoms with Crippen molar-refractivity contribution in [2.75, 3.05) is 6.61 Å². The van der Waals surface area contributed by atoms with Crippen LogP contribution in [0, 0.1) is 5.41 Å². The monoisotopic (exact) mass is 164 g/mol. The molecule has 12 heavy (non-hydrogen) atoms. The maximum atomic E-state index is 5.54. The van der Waals surface area contributed by atoms with Crippen LogP contribution in [0.2, 0.25) is 0 Å². The van der Waals surface area contributed by atoms with Crippen LogP contribution in [0.5, 0.6) is 0 Å². The summed E-state index contributed by atoms with van der Waals surface area (Å²) in [5.41, 5.74) is 0.441. The number of aromatic nitrogens is 2. The lowest BCUT2D eigenvalue weighted by Crippen LogP contribution is -2.36. The maximum Gasteiger partial charge on any atom is 0.0589 e. The predicted molar refractivity (Wildman–Crippen MR) is 43.6 cm³/mol. The Kier molecular flexibility index (Phi) is 1.17. The predicted octanol–water partition coefficient (Wildman–Crippen LogP) is 1.06. The molecule has 64 valence electrons. The summed E-state index contributed by atoms with van der Waals surface area (Å²) in [6, 6.07) is 1.97. The zero-order valence-electron chi connectivity index (χ0n) is 6.94. The summed E-state index contributed by atoms with van der Waals surface area (Å²) in [7, 11) is 0. The Morgan fingerprint density at radius 3 is 3.08 bits per heavy atom. The lowest BCUT2D eigenvalue weighted by atomic mass is 9.70. The highest BCUT2D eigenvalue weighted by molar-refractivity contribution is 5.00. The lowest BCUT2D eigenvalue weighted by Gasteiger charge is -2.34. The molecule has 4 rings (SSSR count). The van der Waals surface area contributed by atoms with Crippen LogP contribution < -0.4 is 0 Å². The molecule has 3 aliphatic rings. The summed E-state index contributed by atoms with van der Waals surface area (Å²) < 4.78 is 7.56. The van der Waals surface area contributed by atoms with E-state index in [1.165, 1.54) is 12.8 Å². The highest BCUT2D eigenvalue weighted by Crippen LogP contribution is 2.50. The molecule has 0 aromatic carbocycles. The zero-order chi connectivity index (χ0) is 8.02. The van der Waals surface area contributed by atoms with Gasteiger partial charge < -0.3 is 4.74 Å². The summed E-state index contributed by atoms with van der Waals surface area (Å²) in [6.45, 7) is 1.98.